The summed E-state index contributed by atoms with van der Waals surface area (Å²) in [7, 11) is 0. The van der Waals surface area contributed by atoms with E-state index in [0.29, 0.717) is 6.04 Å². The van der Waals surface area contributed by atoms with Crippen LogP contribution in [0.2, 0.25) is 5.02 Å². The van der Waals surface area contributed by atoms with Crippen molar-refractivity contribution >= 4 is 17.3 Å². The lowest BCUT2D eigenvalue weighted by atomic mass is 10.0. The number of piperidine rings is 1. The van der Waals surface area contributed by atoms with Crippen molar-refractivity contribution in [3.8, 4) is 0 Å². The number of hydrogen-bond donors (Lipinski definition) is 1. The predicted octanol–water partition coefficient (Wildman–Crippen LogP) is 3.23. The number of anilines is 1. The molecule has 0 saturated carbocycles. The third-order valence-electron chi connectivity index (χ3n) is 3.36. The van der Waals surface area contributed by atoms with Crippen LogP contribution in [-0.2, 0) is 0 Å². The molecule has 0 bridgehead atoms. The second-order valence-electron chi connectivity index (χ2n) is 4.80. The van der Waals surface area contributed by atoms with Crippen LogP contribution in [0.1, 0.15) is 25.3 Å². The molecule has 1 aromatic carbocycles. The minimum Gasteiger partial charge on any atom is -0.369 e. The summed E-state index contributed by atoms with van der Waals surface area (Å²) in [6.45, 7) is 7.46. The third kappa shape index (κ3) is 3.14. The minimum atomic E-state index is 0.603. The molecule has 1 N–H and O–H groups in total. The largest absolute Gasteiger partial charge is 0.369 e. The first-order chi connectivity index (χ1) is 8.20. The van der Waals surface area contributed by atoms with Crippen molar-refractivity contribution in [2.75, 3.05) is 24.5 Å². The van der Waals surface area contributed by atoms with Gasteiger partial charge in [0, 0.05) is 19.1 Å². The molecule has 0 spiro atoms. The molecule has 2 nitrogen and oxygen atoms in total. The number of hydrogen-bond acceptors (Lipinski definition) is 2. The molecule has 1 unspecified atom stereocenters. The fraction of sp³-hybridized carbons (Fsp3) is 0.571. The van der Waals surface area contributed by atoms with E-state index in [2.05, 4.69) is 36.2 Å². The van der Waals surface area contributed by atoms with Gasteiger partial charge in [0.05, 0.1) is 10.7 Å². The van der Waals surface area contributed by atoms with Crippen molar-refractivity contribution < 1.29 is 0 Å². The van der Waals surface area contributed by atoms with Crippen molar-refractivity contribution in [1.29, 1.82) is 0 Å². The monoisotopic (exact) mass is 252 g/mol. The lowest BCUT2D eigenvalue weighted by molar-refractivity contribution is 0.431. The number of nitrogens with zero attached hydrogens (tertiary/aromatic N) is 1. The van der Waals surface area contributed by atoms with Crippen LogP contribution in [0.3, 0.4) is 0 Å². The van der Waals surface area contributed by atoms with Gasteiger partial charge in [-0.15, -0.1) is 0 Å². The lowest BCUT2D eigenvalue weighted by Gasteiger charge is -2.35. The molecular weight excluding hydrogens is 232 g/mol. The average Bonchev–Trinajstić information content (AvgIpc) is 2.29. The van der Waals surface area contributed by atoms with Gasteiger partial charge in [0.1, 0.15) is 0 Å². The van der Waals surface area contributed by atoms with Crippen molar-refractivity contribution in [3.05, 3.63) is 28.8 Å². The zero-order valence-electron chi connectivity index (χ0n) is 10.7. The molecule has 1 atom stereocenters. The molecule has 1 aliphatic heterocycles. The summed E-state index contributed by atoms with van der Waals surface area (Å²) in [5, 5.41) is 4.41. The Bertz CT molecular complexity index is 376. The first kappa shape index (κ1) is 12.7. The molecule has 0 aliphatic carbocycles. The maximum absolute atomic E-state index is 6.33. The highest BCUT2D eigenvalue weighted by Crippen LogP contribution is 2.29. The van der Waals surface area contributed by atoms with Crippen LogP contribution < -0.4 is 10.2 Å². The first-order valence-electron chi connectivity index (χ1n) is 6.45. The Balaban J connectivity index is 2.10. The van der Waals surface area contributed by atoms with Gasteiger partial charge < -0.3 is 10.2 Å². The van der Waals surface area contributed by atoms with Gasteiger partial charge in [0.25, 0.3) is 0 Å². The first-order valence-corrected chi connectivity index (χ1v) is 6.83. The molecule has 0 amide bonds. The maximum Gasteiger partial charge on any atom is 0.0642 e. The van der Waals surface area contributed by atoms with Crippen molar-refractivity contribution in [2.45, 2.75) is 32.7 Å². The SMILES string of the molecule is CCNC1CCCN(c2ccc(C)cc2Cl)C1. The molecule has 1 saturated heterocycles. The van der Waals surface area contributed by atoms with E-state index < -0.39 is 0 Å². The van der Waals surface area contributed by atoms with E-state index in [0.717, 1.165) is 24.7 Å². The van der Waals surface area contributed by atoms with E-state index in [1.165, 1.54) is 24.1 Å². The zero-order valence-corrected chi connectivity index (χ0v) is 11.4. The molecule has 1 aliphatic rings. The highest BCUT2D eigenvalue weighted by molar-refractivity contribution is 6.33. The Kier molecular flexibility index (Phi) is 4.30. The molecule has 3 heteroatoms. The third-order valence-corrected chi connectivity index (χ3v) is 3.66. The Morgan fingerprint density at radius 3 is 3.00 bits per heavy atom. The van der Waals surface area contributed by atoms with Crippen LogP contribution >= 0.6 is 11.6 Å². The lowest BCUT2D eigenvalue weighted by Crippen LogP contribution is -2.45. The standard InChI is InChI=1S/C14H21ClN2/c1-3-16-12-5-4-8-17(10-12)14-7-6-11(2)9-13(14)15/h6-7,9,12,16H,3-5,8,10H2,1-2H3. The van der Waals surface area contributed by atoms with E-state index in [1.807, 2.05) is 6.07 Å². The molecule has 0 radical (unpaired) electrons. The van der Waals surface area contributed by atoms with Crippen molar-refractivity contribution in [2.24, 2.45) is 0 Å². The fourth-order valence-electron chi connectivity index (χ4n) is 2.52. The van der Waals surface area contributed by atoms with Crippen LogP contribution in [0.15, 0.2) is 18.2 Å². The number of halogens is 1. The van der Waals surface area contributed by atoms with E-state index in [-0.39, 0.29) is 0 Å². The number of aryl methyl sites for hydroxylation is 1. The van der Waals surface area contributed by atoms with Crippen molar-refractivity contribution in [1.82, 2.24) is 5.32 Å². The number of rotatable bonds is 3. The van der Waals surface area contributed by atoms with Crippen LogP contribution in [0.4, 0.5) is 5.69 Å². The fourth-order valence-corrected chi connectivity index (χ4v) is 2.87. The summed E-state index contributed by atoms with van der Waals surface area (Å²) in [4.78, 5) is 2.40. The molecule has 1 fully saturated rings. The van der Waals surface area contributed by atoms with E-state index >= 15 is 0 Å². The Labute approximate surface area is 109 Å². The number of likely N-dealkylation sites (N-methyl/N-ethyl adjacent to an activating group) is 1. The van der Waals surface area contributed by atoms with E-state index in [9.17, 15) is 0 Å². The van der Waals surface area contributed by atoms with Crippen LogP contribution in [-0.4, -0.2) is 25.7 Å². The van der Waals surface area contributed by atoms with Crippen LogP contribution in [0, 0.1) is 6.92 Å². The van der Waals surface area contributed by atoms with Gasteiger partial charge >= 0.3 is 0 Å². The maximum atomic E-state index is 6.33. The molecule has 1 aromatic rings. The second kappa shape index (κ2) is 5.74. The predicted molar refractivity (Wildman–Crippen MR) is 75.1 cm³/mol. The van der Waals surface area contributed by atoms with Gasteiger partial charge in [-0.05, 0) is 44.0 Å². The van der Waals surface area contributed by atoms with Gasteiger partial charge in [-0.1, -0.05) is 24.6 Å². The Morgan fingerprint density at radius 1 is 1.47 bits per heavy atom. The summed E-state index contributed by atoms with van der Waals surface area (Å²) in [5.74, 6) is 0. The van der Waals surface area contributed by atoms with Crippen molar-refractivity contribution in [3.63, 3.8) is 0 Å². The highest BCUT2D eigenvalue weighted by atomic mass is 35.5. The van der Waals surface area contributed by atoms with Gasteiger partial charge in [0.15, 0.2) is 0 Å². The average molecular weight is 253 g/mol. The molecular formula is C14H21ClN2. The van der Waals surface area contributed by atoms with Crippen LogP contribution in [0.5, 0.6) is 0 Å². The summed E-state index contributed by atoms with van der Waals surface area (Å²) in [5.41, 5.74) is 2.40. The van der Waals surface area contributed by atoms with Gasteiger partial charge in [-0.3, -0.25) is 0 Å². The van der Waals surface area contributed by atoms with E-state index in [1.54, 1.807) is 0 Å². The molecule has 17 heavy (non-hydrogen) atoms. The smallest absolute Gasteiger partial charge is 0.0642 e. The van der Waals surface area contributed by atoms with Gasteiger partial charge in [-0.25, -0.2) is 0 Å². The van der Waals surface area contributed by atoms with Gasteiger partial charge in [0.2, 0.25) is 0 Å². The highest BCUT2D eigenvalue weighted by Gasteiger charge is 2.20. The molecule has 0 aromatic heterocycles. The summed E-state index contributed by atoms with van der Waals surface area (Å²) >= 11 is 6.33. The zero-order chi connectivity index (χ0) is 12.3. The summed E-state index contributed by atoms with van der Waals surface area (Å²) < 4.78 is 0. The second-order valence-corrected chi connectivity index (χ2v) is 5.20. The van der Waals surface area contributed by atoms with Gasteiger partial charge in [-0.2, -0.15) is 0 Å². The summed E-state index contributed by atoms with van der Waals surface area (Å²) in [6, 6.07) is 6.93. The minimum absolute atomic E-state index is 0.603. The molecule has 94 valence electrons. The topological polar surface area (TPSA) is 15.3 Å². The quantitative estimate of drug-likeness (QED) is 0.889. The molecule has 2 rings (SSSR count). The number of nitrogens with one attached hydrogen (secondary N) is 1. The Hall–Kier alpha value is -0.730. The molecule has 1 heterocycles. The summed E-state index contributed by atoms with van der Waals surface area (Å²) in [6.07, 6.45) is 2.51. The Morgan fingerprint density at radius 2 is 2.29 bits per heavy atom. The normalized spacial score (nSPS) is 20.6. The number of benzene rings is 1. The van der Waals surface area contributed by atoms with Crippen LogP contribution in [0.25, 0.3) is 0 Å². The van der Waals surface area contributed by atoms with E-state index in [4.69, 9.17) is 11.6 Å².